The number of rotatable bonds is 4. The predicted molar refractivity (Wildman–Crippen MR) is 81.4 cm³/mol. The summed E-state index contributed by atoms with van der Waals surface area (Å²) in [5.74, 6) is 0. The van der Waals surface area contributed by atoms with Crippen LogP contribution in [-0.2, 0) is 6.54 Å². The number of nitrogens with one attached hydrogen (secondary N) is 1. The van der Waals surface area contributed by atoms with Crippen LogP contribution in [0.1, 0.15) is 23.4 Å². The lowest BCUT2D eigenvalue weighted by molar-refractivity contribution is 0.577. The van der Waals surface area contributed by atoms with Crippen LogP contribution in [0.2, 0.25) is 0 Å². The van der Waals surface area contributed by atoms with Gasteiger partial charge in [0.25, 0.3) is 0 Å². The third-order valence-electron chi connectivity index (χ3n) is 2.58. The molecule has 0 radical (unpaired) electrons. The van der Waals surface area contributed by atoms with Crippen LogP contribution in [0, 0.1) is 0 Å². The molecule has 17 heavy (non-hydrogen) atoms. The van der Waals surface area contributed by atoms with Crippen molar-refractivity contribution >= 4 is 43.2 Å². The fraction of sp³-hybridized carbons (Fsp3) is 0.231. The Morgan fingerprint density at radius 2 is 1.94 bits per heavy atom. The van der Waals surface area contributed by atoms with E-state index in [4.69, 9.17) is 0 Å². The molecule has 90 valence electrons. The van der Waals surface area contributed by atoms with Crippen LogP contribution >= 0.6 is 43.2 Å². The van der Waals surface area contributed by atoms with Gasteiger partial charge in [0.2, 0.25) is 0 Å². The first-order valence-electron chi connectivity index (χ1n) is 5.39. The summed E-state index contributed by atoms with van der Waals surface area (Å²) in [6.07, 6.45) is 0. The van der Waals surface area contributed by atoms with Crippen LogP contribution in [0.15, 0.2) is 44.7 Å². The maximum atomic E-state index is 3.58. The number of benzene rings is 1. The van der Waals surface area contributed by atoms with E-state index in [1.165, 1.54) is 14.2 Å². The second kappa shape index (κ2) is 6.14. The van der Waals surface area contributed by atoms with Crippen molar-refractivity contribution in [2.45, 2.75) is 19.5 Å². The zero-order valence-corrected chi connectivity index (χ0v) is 13.4. The molecular weight excluding hydrogens is 362 g/mol. The van der Waals surface area contributed by atoms with Crippen molar-refractivity contribution in [1.29, 1.82) is 0 Å². The van der Waals surface area contributed by atoms with Gasteiger partial charge in [0.05, 0.1) is 3.79 Å². The molecule has 1 nitrogen and oxygen atoms in total. The molecule has 0 bridgehead atoms. The highest BCUT2D eigenvalue weighted by Crippen LogP contribution is 2.25. The fourth-order valence-electron chi connectivity index (χ4n) is 1.64. The molecule has 1 heterocycles. The Kier molecular flexibility index (Phi) is 4.79. The van der Waals surface area contributed by atoms with Gasteiger partial charge in [-0.05, 0) is 46.6 Å². The standard InChI is InChI=1S/C13H13Br2NS/c1-9(11-4-2-3-5-12(11)14)16-8-10-6-7-13(15)17-10/h2-7,9,16H,8H2,1H3/t9-/m0/s1. The van der Waals surface area contributed by atoms with Crippen LogP contribution in [-0.4, -0.2) is 0 Å². The second-order valence-corrected chi connectivity index (χ2v) is 7.23. The van der Waals surface area contributed by atoms with Crippen LogP contribution in [0.25, 0.3) is 0 Å². The maximum Gasteiger partial charge on any atom is 0.0701 e. The van der Waals surface area contributed by atoms with E-state index in [1.54, 1.807) is 11.3 Å². The smallest absolute Gasteiger partial charge is 0.0701 e. The van der Waals surface area contributed by atoms with Gasteiger partial charge in [-0.15, -0.1) is 11.3 Å². The Hall–Kier alpha value is -0.160. The van der Waals surface area contributed by atoms with Crippen molar-refractivity contribution in [3.63, 3.8) is 0 Å². The van der Waals surface area contributed by atoms with E-state index in [1.807, 2.05) is 6.07 Å². The number of hydrogen-bond donors (Lipinski definition) is 1. The molecule has 0 aliphatic carbocycles. The third kappa shape index (κ3) is 3.65. The topological polar surface area (TPSA) is 12.0 Å². The Bertz CT molecular complexity index is 496. The van der Waals surface area contributed by atoms with Crippen LogP contribution in [0.5, 0.6) is 0 Å². The van der Waals surface area contributed by atoms with Gasteiger partial charge < -0.3 is 5.32 Å². The Labute approximate surface area is 123 Å². The van der Waals surface area contributed by atoms with E-state index in [-0.39, 0.29) is 0 Å². The molecule has 1 N–H and O–H groups in total. The molecule has 0 fully saturated rings. The molecule has 0 unspecified atom stereocenters. The minimum absolute atomic E-state index is 0.339. The lowest BCUT2D eigenvalue weighted by atomic mass is 10.1. The van der Waals surface area contributed by atoms with Gasteiger partial charge in [-0.1, -0.05) is 34.1 Å². The average Bonchev–Trinajstić information content (AvgIpc) is 2.73. The molecule has 0 aliphatic rings. The van der Waals surface area contributed by atoms with E-state index in [0.29, 0.717) is 6.04 Å². The molecule has 2 rings (SSSR count). The van der Waals surface area contributed by atoms with E-state index < -0.39 is 0 Å². The first-order valence-corrected chi connectivity index (χ1v) is 7.79. The molecule has 0 amide bonds. The molecular formula is C13H13Br2NS. The highest BCUT2D eigenvalue weighted by Gasteiger charge is 2.08. The largest absolute Gasteiger partial charge is 0.305 e. The second-order valence-electron chi connectivity index (χ2n) is 3.83. The van der Waals surface area contributed by atoms with Crippen molar-refractivity contribution in [2.75, 3.05) is 0 Å². The molecule has 1 atom stereocenters. The summed E-state index contributed by atoms with van der Waals surface area (Å²) >= 11 is 8.83. The van der Waals surface area contributed by atoms with Crippen LogP contribution < -0.4 is 5.32 Å². The van der Waals surface area contributed by atoms with Gasteiger partial charge in [0.1, 0.15) is 0 Å². The Morgan fingerprint density at radius 3 is 2.59 bits per heavy atom. The summed E-state index contributed by atoms with van der Waals surface area (Å²) in [6, 6.07) is 12.9. The number of halogens is 2. The number of hydrogen-bond acceptors (Lipinski definition) is 2. The normalized spacial score (nSPS) is 12.6. The maximum absolute atomic E-state index is 3.58. The quantitative estimate of drug-likeness (QED) is 0.782. The van der Waals surface area contributed by atoms with Crippen molar-refractivity contribution in [3.8, 4) is 0 Å². The van der Waals surface area contributed by atoms with E-state index >= 15 is 0 Å². The molecule has 4 heteroatoms. The molecule has 1 aromatic carbocycles. The van der Waals surface area contributed by atoms with E-state index in [9.17, 15) is 0 Å². The van der Waals surface area contributed by atoms with Crippen molar-refractivity contribution in [2.24, 2.45) is 0 Å². The van der Waals surface area contributed by atoms with Gasteiger partial charge in [-0.25, -0.2) is 0 Å². The highest BCUT2D eigenvalue weighted by molar-refractivity contribution is 9.11. The molecule has 0 aliphatic heterocycles. The van der Waals surface area contributed by atoms with Gasteiger partial charge in [0, 0.05) is 21.9 Å². The molecule has 0 spiro atoms. The van der Waals surface area contributed by atoms with Gasteiger partial charge in [0.15, 0.2) is 0 Å². The Morgan fingerprint density at radius 1 is 1.18 bits per heavy atom. The van der Waals surface area contributed by atoms with Gasteiger partial charge >= 0.3 is 0 Å². The SMILES string of the molecule is C[C@H](NCc1ccc(Br)s1)c1ccccc1Br. The zero-order valence-electron chi connectivity index (χ0n) is 9.41. The van der Waals surface area contributed by atoms with E-state index in [0.717, 1.165) is 11.0 Å². The summed E-state index contributed by atoms with van der Waals surface area (Å²) in [7, 11) is 0. The van der Waals surface area contributed by atoms with E-state index in [2.05, 4.69) is 74.4 Å². The van der Waals surface area contributed by atoms with Crippen LogP contribution in [0.4, 0.5) is 0 Å². The molecule has 1 aromatic heterocycles. The third-order valence-corrected chi connectivity index (χ3v) is 4.93. The molecule has 2 aromatic rings. The Balaban J connectivity index is 1.98. The van der Waals surface area contributed by atoms with Crippen molar-refractivity contribution < 1.29 is 0 Å². The van der Waals surface area contributed by atoms with Crippen molar-refractivity contribution in [3.05, 3.63) is 55.1 Å². The summed E-state index contributed by atoms with van der Waals surface area (Å²) in [6.45, 7) is 3.08. The minimum atomic E-state index is 0.339. The zero-order chi connectivity index (χ0) is 12.3. The van der Waals surface area contributed by atoms with Gasteiger partial charge in [-0.3, -0.25) is 0 Å². The lowest BCUT2D eigenvalue weighted by Gasteiger charge is -2.15. The average molecular weight is 375 g/mol. The number of thiophene rings is 1. The monoisotopic (exact) mass is 373 g/mol. The summed E-state index contributed by atoms with van der Waals surface area (Å²) in [5.41, 5.74) is 1.29. The lowest BCUT2D eigenvalue weighted by Crippen LogP contribution is -2.17. The summed E-state index contributed by atoms with van der Waals surface area (Å²) in [4.78, 5) is 1.34. The predicted octanol–water partition coefficient (Wildman–Crippen LogP) is 5.12. The highest BCUT2D eigenvalue weighted by atomic mass is 79.9. The summed E-state index contributed by atoms with van der Waals surface area (Å²) < 4.78 is 2.34. The van der Waals surface area contributed by atoms with Crippen molar-refractivity contribution in [1.82, 2.24) is 5.32 Å². The molecule has 0 saturated carbocycles. The van der Waals surface area contributed by atoms with Gasteiger partial charge in [-0.2, -0.15) is 0 Å². The van der Waals surface area contributed by atoms with Crippen LogP contribution in [0.3, 0.4) is 0 Å². The fourth-order valence-corrected chi connectivity index (χ4v) is 3.70. The first-order chi connectivity index (χ1) is 8.16. The molecule has 0 saturated heterocycles. The first kappa shape index (κ1) is 13.3. The summed E-state index contributed by atoms with van der Waals surface area (Å²) in [5, 5.41) is 3.53. The minimum Gasteiger partial charge on any atom is -0.305 e.